The lowest BCUT2D eigenvalue weighted by atomic mass is 9.84. The van der Waals surface area contributed by atoms with Crippen molar-refractivity contribution >= 4 is 15.9 Å². The SMILES string of the molecule is CC1=C(C)C[C@@H](Oc2ccc(Br)cc2)[C@H](C)C1. The van der Waals surface area contributed by atoms with Gasteiger partial charge in [-0.05, 0) is 50.5 Å². The van der Waals surface area contributed by atoms with Gasteiger partial charge in [0.15, 0.2) is 0 Å². The Hall–Kier alpha value is -0.760. The number of hydrogen-bond donors (Lipinski definition) is 0. The summed E-state index contributed by atoms with van der Waals surface area (Å²) < 4.78 is 7.18. The van der Waals surface area contributed by atoms with Crippen molar-refractivity contribution < 1.29 is 4.74 Å². The maximum Gasteiger partial charge on any atom is 0.119 e. The summed E-state index contributed by atoms with van der Waals surface area (Å²) in [6.45, 7) is 6.74. The van der Waals surface area contributed by atoms with Gasteiger partial charge in [-0.1, -0.05) is 34.0 Å². The van der Waals surface area contributed by atoms with Crippen molar-refractivity contribution in [2.24, 2.45) is 5.92 Å². The lowest BCUT2D eigenvalue weighted by molar-refractivity contribution is 0.134. The molecule has 0 spiro atoms. The lowest BCUT2D eigenvalue weighted by Crippen LogP contribution is -2.29. The molecule has 1 aliphatic rings. The summed E-state index contributed by atoms with van der Waals surface area (Å²) in [5.74, 6) is 1.57. The number of ether oxygens (including phenoxy) is 1. The van der Waals surface area contributed by atoms with Gasteiger partial charge in [0.2, 0.25) is 0 Å². The van der Waals surface area contributed by atoms with E-state index in [0.29, 0.717) is 12.0 Å². The van der Waals surface area contributed by atoms with Gasteiger partial charge in [0, 0.05) is 10.9 Å². The van der Waals surface area contributed by atoms with E-state index in [1.807, 2.05) is 24.3 Å². The Morgan fingerprint density at radius 1 is 1.06 bits per heavy atom. The van der Waals surface area contributed by atoms with Gasteiger partial charge in [0.05, 0.1) is 0 Å². The first kappa shape index (κ1) is 12.7. The van der Waals surface area contributed by atoms with E-state index in [1.165, 1.54) is 11.1 Å². The van der Waals surface area contributed by atoms with E-state index in [0.717, 1.165) is 23.1 Å². The van der Waals surface area contributed by atoms with Crippen LogP contribution in [0, 0.1) is 5.92 Å². The maximum absolute atomic E-state index is 6.09. The molecule has 2 atom stereocenters. The van der Waals surface area contributed by atoms with Crippen molar-refractivity contribution in [2.45, 2.75) is 39.7 Å². The van der Waals surface area contributed by atoms with E-state index in [-0.39, 0.29) is 0 Å². The molecule has 0 heterocycles. The predicted molar refractivity (Wildman–Crippen MR) is 75.3 cm³/mol. The third-order valence-electron chi connectivity index (χ3n) is 3.60. The minimum absolute atomic E-state index is 0.319. The highest BCUT2D eigenvalue weighted by molar-refractivity contribution is 9.10. The Bertz CT molecular complexity index is 419. The van der Waals surface area contributed by atoms with Crippen LogP contribution >= 0.6 is 15.9 Å². The molecular weight excluding hydrogens is 276 g/mol. The standard InChI is InChI=1S/C15H19BrO/c1-10-8-12(3)15(9-11(10)2)17-14-6-4-13(16)5-7-14/h4-7,12,15H,8-9H2,1-3H3/t12-,15-/m1/s1. The van der Waals surface area contributed by atoms with Crippen LogP contribution in [0.4, 0.5) is 0 Å². The van der Waals surface area contributed by atoms with Crippen molar-refractivity contribution in [1.29, 1.82) is 0 Å². The molecule has 0 bridgehead atoms. The van der Waals surface area contributed by atoms with E-state index in [4.69, 9.17) is 4.74 Å². The molecule has 0 radical (unpaired) electrons. The molecule has 0 aromatic heterocycles. The summed E-state index contributed by atoms with van der Waals surface area (Å²) in [5, 5.41) is 0. The van der Waals surface area contributed by atoms with E-state index in [9.17, 15) is 0 Å². The van der Waals surface area contributed by atoms with E-state index < -0.39 is 0 Å². The summed E-state index contributed by atoms with van der Waals surface area (Å²) in [6, 6.07) is 8.10. The van der Waals surface area contributed by atoms with Gasteiger partial charge < -0.3 is 4.74 Å². The molecular formula is C15H19BrO. The average Bonchev–Trinajstić information content (AvgIpc) is 2.29. The lowest BCUT2D eigenvalue weighted by Gasteiger charge is -2.31. The van der Waals surface area contributed by atoms with Crippen LogP contribution in [0.5, 0.6) is 5.75 Å². The molecule has 17 heavy (non-hydrogen) atoms. The fourth-order valence-corrected chi connectivity index (χ4v) is 2.58. The minimum atomic E-state index is 0.319. The second kappa shape index (κ2) is 5.26. The zero-order valence-electron chi connectivity index (χ0n) is 10.7. The first-order valence-electron chi connectivity index (χ1n) is 6.13. The Labute approximate surface area is 112 Å². The van der Waals surface area contributed by atoms with E-state index in [1.54, 1.807) is 0 Å². The van der Waals surface area contributed by atoms with Gasteiger partial charge in [-0.25, -0.2) is 0 Å². The molecule has 1 aromatic carbocycles. The zero-order chi connectivity index (χ0) is 12.4. The van der Waals surface area contributed by atoms with Crippen LogP contribution in [0.15, 0.2) is 39.9 Å². The molecule has 0 unspecified atom stereocenters. The van der Waals surface area contributed by atoms with Gasteiger partial charge in [0.25, 0.3) is 0 Å². The molecule has 0 saturated heterocycles. The van der Waals surface area contributed by atoms with Crippen LogP contribution < -0.4 is 4.74 Å². The smallest absolute Gasteiger partial charge is 0.119 e. The van der Waals surface area contributed by atoms with Crippen LogP contribution in [0.25, 0.3) is 0 Å². The molecule has 1 nitrogen and oxygen atoms in total. The molecule has 0 saturated carbocycles. The highest BCUT2D eigenvalue weighted by Gasteiger charge is 2.25. The number of allylic oxidation sites excluding steroid dienone is 1. The summed E-state index contributed by atoms with van der Waals surface area (Å²) in [4.78, 5) is 0. The Morgan fingerprint density at radius 2 is 1.65 bits per heavy atom. The first-order valence-corrected chi connectivity index (χ1v) is 6.93. The second-order valence-corrected chi connectivity index (χ2v) is 5.97. The van der Waals surface area contributed by atoms with Crippen molar-refractivity contribution in [3.05, 3.63) is 39.9 Å². The minimum Gasteiger partial charge on any atom is -0.490 e. The molecule has 92 valence electrons. The third kappa shape index (κ3) is 3.12. The fourth-order valence-electron chi connectivity index (χ4n) is 2.31. The van der Waals surface area contributed by atoms with Gasteiger partial charge in [-0.3, -0.25) is 0 Å². The predicted octanol–water partition coefficient (Wildman–Crippen LogP) is 4.96. The largest absolute Gasteiger partial charge is 0.490 e. The van der Waals surface area contributed by atoms with Crippen LogP contribution in [0.3, 0.4) is 0 Å². The summed E-state index contributed by atoms with van der Waals surface area (Å²) in [7, 11) is 0. The van der Waals surface area contributed by atoms with Crippen LogP contribution in [0.1, 0.15) is 33.6 Å². The van der Waals surface area contributed by atoms with Crippen molar-refractivity contribution in [2.75, 3.05) is 0 Å². The molecule has 2 rings (SSSR count). The van der Waals surface area contributed by atoms with Crippen LogP contribution in [0.2, 0.25) is 0 Å². The van der Waals surface area contributed by atoms with Gasteiger partial charge >= 0.3 is 0 Å². The Morgan fingerprint density at radius 3 is 2.29 bits per heavy atom. The van der Waals surface area contributed by atoms with Gasteiger partial charge in [0.1, 0.15) is 11.9 Å². The third-order valence-corrected chi connectivity index (χ3v) is 4.13. The molecule has 0 N–H and O–H groups in total. The topological polar surface area (TPSA) is 9.23 Å². The van der Waals surface area contributed by atoms with Crippen molar-refractivity contribution in [1.82, 2.24) is 0 Å². The number of hydrogen-bond acceptors (Lipinski definition) is 1. The first-order chi connectivity index (χ1) is 8.06. The second-order valence-electron chi connectivity index (χ2n) is 5.06. The molecule has 1 aliphatic carbocycles. The number of benzene rings is 1. The summed E-state index contributed by atoms with van der Waals surface area (Å²) in [5.41, 5.74) is 3.03. The maximum atomic E-state index is 6.09. The molecule has 0 aliphatic heterocycles. The average molecular weight is 295 g/mol. The van der Waals surface area contributed by atoms with Crippen molar-refractivity contribution in [3.8, 4) is 5.75 Å². The summed E-state index contributed by atoms with van der Waals surface area (Å²) in [6.07, 6.45) is 2.54. The quantitative estimate of drug-likeness (QED) is 0.700. The molecule has 0 amide bonds. The Balaban J connectivity index is 2.07. The van der Waals surface area contributed by atoms with Crippen molar-refractivity contribution in [3.63, 3.8) is 0 Å². The van der Waals surface area contributed by atoms with Crippen LogP contribution in [-0.2, 0) is 0 Å². The van der Waals surface area contributed by atoms with Crippen LogP contribution in [-0.4, -0.2) is 6.10 Å². The van der Waals surface area contributed by atoms with Gasteiger partial charge in [-0.15, -0.1) is 0 Å². The molecule has 2 heteroatoms. The zero-order valence-corrected chi connectivity index (χ0v) is 12.3. The van der Waals surface area contributed by atoms with E-state index >= 15 is 0 Å². The van der Waals surface area contributed by atoms with Gasteiger partial charge in [-0.2, -0.15) is 0 Å². The van der Waals surface area contributed by atoms with E-state index in [2.05, 4.69) is 36.7 Å². The normalized spacial score (nSPS) is 24.9. The number of rotatable bonds is 2. The molecule has 0 fully saturated rings. The summed E-state index contributed by atoms with van der Waals surface area (Å²) >= 11 is 3.44. The Kier molecular flexibility index (Phi) is 3.93. The fraction of sp³-hybridized carbons (Fsp3) is 0.467. The highest BCUT2D eigenvalue weighted by atomic mass is 79.9. The number of halogens is 1. The molecule has 1 aromatic rings. The highest BCUT2D eigenvalue weighted by Crippen LogP contribution is 2.32. The monoisotopic (exact) mass is 294 g/mol.